The number of esters is 1. The molecule has 1 aliphatic heterocycles. The van der Waals surface area contributed by atoms with Crippen LogP contribution in [0, 0.1) is 5.92 Å². The molecule has 1 aromatic heterocycles. The van der Waals surface area contributed by atoms with Crippen LogP contribution < -0.4 is 4.57 Å². The van der Waals surface area contributed by atoms with E-state index in [1.807, 2.05) is 24.7 Å². The van der Waals surface area contributed by atoms with Crippen molar-refractivity contribution in [1.82, 2.24) is 9.47 Å². The lowest BCUT2D eigenvalue weighted by Crippen LogP contribution is -2.42. The highest BCUT2D eigenvalue weighted by molar-refractivity contribution is 5.77. The van der Waals surface area contributed by atoms with Gasteiger partial charge in [0, 0.05) is 13.1 Å². The minimum atomic E-state index is -0.137. The predicted octanol–water partition coefficient (Wildman–Crippen LogP) is 0.556. The first-order chi connectivity index (χ1) is 9.11. The molecule has 0 N–H and O–H groups in total. The van der Waals surface area contributed by atoms with Gasteiger partial charge in [-0.1, -0.05) is 0 Å². The van der Waals surface area contributed by atoms with Crippen molar-refractivity contribution in [3.05, 3.63) is 18.7 Å². The number of hydrogen-bond acceptors (Lipinski definition) is 3. The molecule has 1 aliphatic rings. The zero-order valence-electron chi connectivity index (χ0n) is 11.4. The number of amides is 1. The van der Waals surface area contributed by atoms with Gasteiger partial charge in [-0.3, -0.25) is 4.79 Å². The predicted molar refractivity (Wildman–Crippen MR) is 67.3 cm³/mol. The highest BCUT2D eigenvalue weighted by Crippen LogP contribution is 2.19. The van der Waals surface area contributed by atoms with Gasteiger partial charge in [0.2, 0.25) is 0 Å². The minimum absolute atomic E-state index is 0.0390. The van der Waals surface area contributed by atoms with Gasteiger partial charge in [-0.25, -0.2) is 9.36 Å². The van der Waals surface area contributed by atoms with Crippen LogP contribution in [0.5, 0.6) is 0 Å². The molecule has 1 aromatic rings. The molecule has 0 spiro atoms. The van der Waals surface area contributed by atoms with Crippen molar-refractivity contribution in [2.75, 3.05) is 19.7 Å². The Labute approximate surface area is 112 Å². The fraction of sp³-hybridized carbons (Fsp3) is 0.615. The molecule has 1 fully saturated rings. The van der Waals surface area contributed by atoms with Crippen molar-refractivity contribution in [2.24, 2.45) is 13.0 Å². The van der Waals surface area contributed by atoms with Crippen LogP contribution in [0.2, 0.25) is 0 Å². The maximum absolute atomic E-state index is 12.2. The number of imidazole rings is 1. The zero-order chi connectivity index (χ0) is 13.8. The number of rotatable bonds is 2. The summed E-state index contributed by atoms with van der Waals surface area (Å²) >= 11 is 0. The number of piperidine rings is 1. The Hall–Kier alpha value is -1.85. The maximum Gasteiger partial charge on any atom is 0.415 e. The second kappa shape index (κ2) is 5.86. The summed E-state index contributed by atoms with van der Waals surface area (Å²) in [6.45, 7) is 3.43. The summed E-state index contributed by atoms with van der Waals surface area (Å²) in [4.78, 5) is 25.6. The highest BCUT2D eigenvalue weighted by atomic mass is 16.5. The van der Waals surface area contributed by atoms with Gasteiger partial charge in [0.05, 0.1) is 19.6 Å². The molecule has 0 aromatic carbocycles. The molecule has 2 heterocycles. The number of aromatic nitrogens is 2. The Morgan fingerprint density at radius 1 is 1.37 bits per heavy atom. The molecule has 0 aliphatic carbocycles. The van der Waals surface area contributed by atoms with E-state index in [0.29, 0.717) is 32.5 Å². The standard InChI is InChI=1S/C13H20N3O3/c1-3-19-12(17)11-4-6-15(7-5-11)13(18)16-9-8-14(2)10-16/h8-11H,3-7H2,1-2H3/q+1. The topological polar surface area (TPSA) is 55.4 Å². The van der Waals surface area contributed by atoms with Gasteiger partial charge in [0.25, 0.3) is 6.33 Å². The first kappa shape index (κ1) is 13.6. The van der Waals surface area contributed by atoms with Gasteiger partial charge in [-0.05, 0) is 19.8 Å². The lowest BCUT2D eigenvalue weighted by molar-refractivity contribution is -0.670. The SMILES string of the molecule is CCOC(=O)C1CCN(C(=O)n2cc[n+](C)c2)CC1. The molecule has 0 unspecified atom stereocenters. The summed E-state index contributed by atoms with van der Waals surface area (Å²) < 4.78 is 8.40. The second-order valence-corrected chi connectivity index (χ2v) is 4.78. The summed E-state index contributed by atoms with van der Waals surface area (Å²) in [6, 6.07) is -0.0390. The van der Waals surface area contributed by atoms with E-state index in [4.69, 9.17) is 4.74 Å². The Balaban J connectivity index is 1.89. The summed E-state index contributed by atoms with van der Waals surface area (Å²) in [5.74, 6) is -0.202. The molecule has 6 heteroatoms. The van der Waals surface area contributed by atoms with Gasteiger partial charge < -0.3 is 9.64 Å². The number of likely N-dealkylation sites (tertiary alicyclic amines) is 1. The van der Waals surface area contributed by atoms with Gasteiger partial charge in [-0.15, -0.1) is 0 Å². The van der Waals surface area contributed by atoms with Crippen LogP contribution >= 0.6 is 0 Å². The molecule has 6 nitrogen and oxygen atoms in total. The Bertz CT molecular complexity index is 461. The van der Waals surface area contributed by atoms with Crippen molar-refractivity contribution in [3.63, 3.8) is 0 Å². The molecule has 0 bridgehead atoms. The van der Waals surface area contributed by atoms with Gasteiger partial charge in [0.1, 0.15) is 12.4 Å². The fourth-order valence-corrected chi connectivity index (χ4v) is 2.29. The van der Waals surface area contributed by atoms with Crippen molar-refractivity contribution in [1.29, 1.82) is 0 Å². The van der Waals surface area contributed by atoms with E-state index in [1.165, 1.54) is 0 Å². The van der Waals surface area contributed by atoms with Crippen molar-refractivity contribution >= 4 is 12.0 Å². The molecular formula is C13H20N3O3+. The van der Waals surface area contributed by atoms with E-state index in [0.717, 1.165) is 0 Å². The summed E-state index contributed by atoms with van der Waals surface area (Å²) in [7, 11) is 1.87. The van der Waals surface area contributed by atoms with Crippen LogP contribution in [0.25, 0.3) is 0 Å². The van der Waals surface area contributed by atoms with Crippen molar-refractivity contribution < 1.29 is 18.9 Å². The lowest BCUT2D eigenvalue weighted by Gasteiger charge is -2.28. The quantitative estimate of drug-likeness (QED) is 0.580. The molecule has 1 amide bonds. The fourth-order valence-electron chi connectivity index (χ4n) is 2.29. The van der Waals surface area contributed by atoms with Gasteiger partial charge >= 0.3 is 12.0 Å². The number of ether oxygens (including phenoxy) is 1. The van der Waals surface area contributed by atoms with E-state index in [1.54, 1.807) is 22.0 Å². The van der Waals surface area contributed by atoms with E-state index in [2.05, 4.69) is 0 Å². The molecule has 0 atom stereocenters. The molecule has 0 saturated carbocycles. The zero-order valence-corrected chi connectivity index (χ0v) is 11.4. The smallest absolute Gasteiger partial charge is 0.415 e. The maximum atomic E-state index is 12.2. The lowest BCUT2D eigenvalue weighted by atomic mass is 9.97. The van der Waals surface area contributed by atoms with E-state index in [9.17, 15) is 9.59 Å². The normalized spacial score (nSPS) is 16.4. The van der Waals surface area contributed by atoms with Gasteiger partial charge in [-0.2, -0.15) is 4.57 Å². The van der Waals surface area contributed by atoms with Crippen LogP contribution in [0.3, 0.4) is 0 Å². The van der Waals surface area contributed by atoms with E-state index < -0.39 is 0 Å². The summed E-state index contributed by atoms with van der Waals surface area (Å²) in [6.07, 6.45) is 6.65. The number of hydrogen-bond donors (Lipinski definition) is 0. The number of nitrogens with zero attached hydrogens (tertiary/aromatic N) is 3. The molecular weight excluding hydrogens is 246 g/mol. The second-order valence-electron chi connectivity index (χ2n) is 4.78. The monoisotopic (exact) mass is 266 g/mol. The Kier molecular flexibility index (Phi) is 4.19. The third-order valence-corrected chi connectivity index (χ3v) is 3.38. The van der Waals surface area contributed by atoms with E-state index in [-0.39, 0.29) is 17.9 Å². The van der Waals surface area contributed by atoms with Crippen LogP contribution in [0.4, 0.5) is 4.79 Å². The van der Waals surface area contributed by atoms with Crippen LogP contribution in [-0.4, -0.2) is 41.2 Å². The first-order valence-electron chi connectivity index (χ1n) is 6.61. The molecule has 2 rings (SSSR count). The summed E-state index contributed by atoms with van der Waals surface area (Å²) in [5.41, 5.74) is 0. The highest BCUT2D eigenvalue weighted by Gasteiger charge is 2.30. The number of carbonyl (C=O) groups excluding carboxylic acids is 2. The summed E-state index contributed by atoms with van der Waals surface area (Å²) in [5, 5.41) is 0. The van der Waals surface area contributed by atoms with Crippen molar-refractivity contribution in [3.8, 4) is 0 Å². The minimum Gasteiger partial charge on any atom is -0.466 e. The molecule has 1 saturated heterocycles. The third kappa shape index (κ3) is 3.13. The first-order valence-corrected chi connectivity index (χ1v) is 6.61. The third-order valence-electron chi connectivity index (χ3n) is 3.38. The Morgan fingerprint density at radius 3 is 2.58 bits per heavy atom. The number of carbonyl (C=O) groups is 2. The Morgan fingerprint density at radius 2 is 2.05 bits per heavy atom. The largest absolute Gasteiger partial charge is 0.466 e. The van der Waals surface area contributed by atoms with Crippen LogP contribution in [0.1, 0.15) is 19.8 Å². The van der Waals surface area contributed by atoms with Crippen LogP contribution in [-0.2, 0) is 16.6 Å². The van der Waals surface area contributed by atoms with Crippen LogP contribution in [0.15, 0.2) is 18.7 Å². The average molecular weight is 266 g/mol. The van der Waals surface area contributed by atoms with Gasteiger partial charge in [0.15, 0.2) is 0 Å². The molecule has 104 valence electrons. The molecule has 19 heavy (non-hydrogen) atoms. The van der Waals surface area contributed by atoms with E-state index >= 15 is 0 Å². The number of aryl methyl sites for hydroxylation is 1. The molecule has 0 radical (unpaired) electrons. The van der Waals surface area contributed by atoms with Crippen molar-refractivity contribution in [2.45, 2.75) is 19.8 Å². The average Bonchev–Trinajstić information content (AvgIpc) is 2.85.